The number of methoxy groups -OCH3 is 1. The molecule has 0 amide bonds. The van der Waals surface area contributed by atoms with Crippen molar-refractivity contribution in [3.05, 3.63) is 0 Å². The van der Waals surface area contributed by atoms with Crippen molar-refractivity contribution in [1.82, 2.24) is 5.32 Å². The van der Waals surface area contributed by atoms with Gasteiger partial charge in [-0.3, -0.25) is 0 Å². The van der Waals surface area contributed by atoms with E-state index in [2.05, 4.69) is 19.2 Å². The summed E-state index contributed by atoms with van der Waals surface area (Å²) in [5, 5.41) is 3.42. The molecule has 0 unspecified atom stereocenters. The van der Waals surface area contributed by atoms with Gasteiger partial charge < -0.3 is 10.1 Å². The van der Waals surface area contributed by atoms with E-state index >= 15 is 0 Å². The maximum Gasteiger partial charge on any atom is 0.0616 e. The Morgan fingerprint density at radius 1 is 1.55 bits per heavy atom. The highest BCUT2D eigenvalue weighted by molar-refractivity contribution is 5.85. The highest BCUT2D eigenvalue weighted by Crippen LogP contribution is 2.26. The van der Waals surface area contributed by atoms with Crippen LogP contribution in [0, 0.1) is 5.41 Å². The van der Waals surface area contributed by atoms with Crippen molar-refractivity contribution >= 4 is 12.4 Å². The molecule has 1 aliphatic rings. The van der Waals surface area contributed by atoms with E-state index in [-0.39, 0.29) is 12.4 Å². The molecule has 1 atom stereocenters. The Bertz CT molecular complexity index is 117. The number of rotatable bonds is 2. The summed E-state index contributed by atoms with van der Waals surface area (Å²) < 4.78 is 5.06. The summed E-state index contributed by atoms with van der Waals surface area (Å²) in [6.45, 7) is 6.55. The van der Waals surface area contributed by atoms with Gasteiger partial charge in [-0.2, -0.15) is 0 Å². The van der Waals surface area contributed by atoms with Gasteiger partial charge in [0.25, 0.3) is 0 Å². The summed E-state index contributed by atoms with van der Waals surface area (Å²) in [6, 6.07) is 0.583. The van der Waals surface area contributed by atoms with Gasteiger partial charge in [0, 0.05) is 19.7 Å². The number of halogens is 1. The summed E-state index contributed by atoms with van der Waals surface area (Å²) in [7, 11) is 1.76. The van der Waals surface area contributed by atoms with Gasteiger partial charge in [-0.15, -0.1) is 12.4 Å². The van der Waals surface area contributed by atoms with E-state index in [1.807, 2.05) is 0 Å². The normalized spacial score (nSPS) is 28.1. The van der Waals surface area contributed by atoms with Crippen LogP contribution in [0.1, 0.15) is 20.3 Å². The average Bonchev–Trinajstić information content (AvgIpc) is 2.12. The molecule has 1 aliphatic heterocycles. The molecule has 1 rings (SSSR count). The summed E-state index contributed by atoms with van der Waals surface area (Å²) in [6.07, 6.45) is 1.24. The summed E-state index contributed by atoms with van der Waals surface area (Å²) in [4.78, 5) is 0. The van der Waals surface area contributed by atoms with E-state index in [1.165, 1.54) is 6.42 Å². The average molecular weight is 180 g/mol. The Hall–Kier alpha value is 0.210. The molecule has 0 saturated carbocycles. The smallest absolute Gasteiger partial charge is 0.0616 e. The minimum absolute atomic E-state index is 0. The zero-order valence-corrected chi connectivity index (χ0v) is 8.33. The van der Waals surface area contributed by atoms with Crippen LogP contribution in [-0.2, 0) is 4.74 Å². The van der Waals surface area contributed by atoms with Gasteiger partial charge in [0.1, 0.15) is 0 Å². The molecule has 3 heteroatoms. The van der Waals surface area contributed by atoms with Crippen LogP contribution in [0.4, 0.5) is 0 Å². The molecule has 0 aromatic heterocycles. The van der Waals surface area contributed by atoms with Crippen molar-refractivity contribution < 1.29 is 4.74 Å². The Labute approximate surface area is 75.1 Å². The van der Waals surface area contributed by atoms with Crippen LogP contribution in [0.2, 0.25) is 0 Å². The Morgan fingerprint density at radius 2 is 2.18 bits per heavy atom. The van der Waals surface area contributed by atoms with E-state index in [9.17, 15) is 0 Å². The molecule has 1 N–H and O–H groups in total. The monoisotopic (exact) mass is 179 g/mol. The van der Waals surface area contributed by atoms with Crippen LogP contribution in [0.3, 0.4) is 0 Å². The Morgan fingerprint density at radius 3 is 2.55 bits per heavy atom. The van der Waals surface area contributed by atoms with Crippen LogP contribution in [0.15, 0.2) is 0 Å². The predicted molar refractivity (Wildman–Crippen MR) is 49.3 cm³/mol. The van der Waals surface area contributed by atoms with Gasteiger partial charge in [-0.05, 0) is 11.8 Å². The quantitative estimate of drug-likeness (QED) is 0.693. The molecular formula is C8H18ClNO. The van der Waals surface area contributed by atoms with E-state index in [0.29, 0.717) is 11.5 Å². The first kappa shape index (κ1) is 11.2. The lowest BCUT2D eigenvalue weighted by Crippen LogP contribution is -2.25. The molecule has 0 spiro atoms. The lowest BCUT2D eigenvalue weighted by atomic mass is 9.91. The molecule has 68 valence electrons. The van der Waals surface area contributed by atoms with Crippen LogP contribution in [-0.4, -0.2) is 26.3 Å². The zero-order valence-electron chi connectivity index (χ0n) is 7.52. The molecule has 0 radical (unpaired) electrons. The first-order valence-corrected chi connectivity index (χ1v) is 3.86. The number of nitrogens with one attached hydrogen (secondary N) is 1. The topological polar surface area (TPSA) is 21.3 Å². The van der Waals surface area contributed by atoms with Crippen LogP contribution in [0.25, 0.3) is 0 Å². The number of ether oxygens (including phenoxy) is 1. The zero-order chi connectivity index (χ0) is 7.61. The Kier molecular flexibility index (Phi) is 4.37. The van der Waals surface area contributed by atoms with Crippen LogP contribution in [0.5, 0.6) is 0 Å². The van der Waals surface area contributed by atoms with Crippen molar-refractivity contribution in [2.24, 2.45) is 5.41 Å². The first-order valence-electron chi connectivity index (χ1n) is 3.86. The van der Waals surface area contributed by atoms with E-state index in [4.69, 9.17) is 4.74 Å². The highest BCUT2D eigenvalue weighted by Gasteiger charge is 2.29. The number of hydrogen-bond donors (Lipinski definition) is 1. The molecule has 2 nitrogen and oxygen atoms in total. The third kappa shape index (κ3) is 3.41. The van der Waals surface area contributed by atoms with Gasteiger partial charge in [-0.25, -0.2) is 0 Å². The predicted octanol–water partition coefficient (Wildman–Crippen LogP) is 1.44. The van der Waals surface area contributed by atoms with Gasteiger partial charge in [0.15, 0.2) is 0 Å². The molecule has 0 aromatic rings. The maximum atomic E-state index is 5.06. The highest BCUT2D eigenvalue weighted by atomic mass is 35.5. The van der Waals surface area contributed by atoms with E-state index in [1.54, 1.807) is 7.11 Å². The molecule has 1 heterocycles. The summed E-state index contributed by atoms with van der Waals surface area (Å²) >= 11 is 0. The third-order valence-electron chi connectivity index (χ3n) is 2.04. The van der Waals surface area contributed by atoms with E-state index in [0.717, 1.165) is 13.2 Å². The van der Waals surface area contributed by atoms with Crippen molar-refractivity contribution in [2.75, 3.05) is 20.3 Å². The second-order valence-corrected chi connectivity index (χ2v) is 3.90. The molecule has 0 aromatic carbocycles. The maximum absolute atomic E-state index is 5.06. The molecule has 0 bridgehead atoms. The fourth-order valence-electron chi connectivity index (χ4n) is 1.55. The molecule has 0 aliphatic carbocycles. The first-order chi connectivity index (χ1) is 4.64. The van der Waals surface area contributed by atoms with Crippen molar-refractivity contribution in [3.8, 4) is 0 Å². The fraction of sp³-hybridized carbons (Fsp3) is 1.00. The minimum atomic E-state index is 0. The van der Waals surface area contributed by atoms with Crippen molar-refractivity contribution in [3.63, 3.8) is 0 Å². The molecular weight excluding hydrogens is 162 g/mol. The van der Waals surface area contributed by atoms with Gasteiger partial charge in [0.2, 0.25) is 0 Å². The second kappa shape index (κ2) is 4.29. The van der Waals surface area contributed by atoms with Gasteiger partial charge in [-0.1, -0.05) is 13.8 Å². The lowest BCUT2D eigenvalue weighted by Gasteiger charge is -2.14. The van der Waals surface area contributed by atoms with Crippen molar-refractivity contribution in [2.45, 2.75) is 26.3 Å². The van der Waals surface area contributed by atoms with Gasteiger partial charge >= 0.3 is 0 Å². The largest absolute Gasteiger partial charge is 0.383 e. The van der Waals surface area contributed by atoms with Gasteiger partial charge in [0.05, 0.1) is 6.61 Å². The second-order valence-electron chi connectivity index (χ2n) is 3.90. The van der Waals surface area contributed by atoms with Crippen molar-refractivity contribution in [1.29, 1.82) is 0 Å². The molecule has 1 fully saturated rings. The summed E-state index contributed by atoms with van der Waals surface area (Å²) in [5.74, 6) is 0. The third-order valence-corrected chi connectivity index (χ3v) is 2.04. The Balaban J connectivity index is 0.000001000. The molecule has 1 saturated heterocycles. The minimum Gasteiger partial charge on any atom is -0.383 e. The fourth-order valence-corrected chi connectivity index (χ4v) is 1.55. The number of hydrogen-bond acceptors (Lipinski definition) is 2. The molecule has 11 heavy (non-hydrogen) atoms. The standard InChI is InChI=1S/C8H17NO.ClH/c1-8(2)4-7(5-10-3)9-6-8;/h7,9H,4-6H2,1-3H3;1H/t7-;/m1./s1. The van der Waals surface area contributed by atoms with Crippen LogP contribution < -0.4 is 5.32 Å². The lowest BCUT2D eigenvalue weighted by molar-refractivity contribution is 0.170. The van der Waals surface area contributed by atoms with E-state index < -0.39 is 0 Å². The van der Waals surface area contributed by atoms with Crippen LogP contribution >= 0.6 is 12.4 Å². The SMILES string of the molecule is COC[C@H]1CC(C)(C)CN1.Cl. The summed E-state index contributed by atoms with van der Waals surface area (Å²) in [5.41, 5.74) is 0.475.